The van der Waals surface area contributed by atoms with E-state index in [1.807, 2.05) is 0 Å². The van der Waals surface area contributed by atoms with Crippen molar-refractivity contribution in [2.75, 3.05) is 20.8 Å². The molecule has 2 heterocycles. The van der Waals surface area contributed by atoms with Gasteiger partial charge in [-0.05, 0) is 33.6 Å². The number of carbonyl (C=O) groups is 2. The highest BCUT2D eigenvalue weighted by Crippen LogP contribution is 2.24. The second-order valence-electron chi connectivity index (χ2n) is 6.47. The number of hydrogen-bond acceptors (Lipinski definition) is 7. The standard InChI is InChI=1S/C16H23N3O5/c1-16(2,3)24-14(21)11-7-6-8-19(11)13(20)10-9-12(22-4)18-15(17-10)23-5/h9,11H,6-8H2,1-5H3. The SMILES string of the molecule is COc1cc(C(=O)N2CCCC2C(=O)OC(C)(C)C)nc(OC)n1. The summed E-state index contributed by atoms with van der Waals surface area (Å²) in [4.78, 5) is 34.6. The van der Waals surface area contributed by atoms with E-state index < -0.39 is 17.6 Å². The van der Waals surface area contributed by atoms with Crippen LogP contribution in [0.4, 0.5) is 0 Å². The Morgan fingerprint density at radius 1 is 1.21 bits per heavy atom. The van der Waals surface area contributed by atoms with Gasteiger partial charge in [0.05, 0.1) is 14.2 Å². The summed E-state index contributed by atoms with van der Waals surface area (Å²) in [6, 6.07) is 0.851. The van der Waals surface area contributed by atoms with Gasteiger partial charge >= 0.3 is 12.0 Å². The lowest BCUT2D eigenvalue weighted by atomic mass is 10.1. The minimum atomic E-state index is -0.608. The number of carbonyl (C=O) groups excluding carboxylic acids is 2. The van der Waals surface area contributed by atoms with Crippen LogP contribution in [0.1, 0.15) is 44.1 Å². The van der Waals surface area contributed by atoms with E-state index in [1.165, 1.54) is 25.2 Å². The topological polar surface area (TPSA) is 90.9 Å². The lowest BCUT2D eigenvalue weighted by Gasteiger charge is -2.27. The van der Waals surface area contributed by atoms with Crippen molar-refractivity contribution in [3.63, 3.8) is 0 Å². The molecule has 0 saturated carbocycles. The van der Waals surface area contributed by atoms with Crippen LogP contribution >= 0.6 is 0 Å². The summed E-state index contributed by atoms with van der Waals surface area (Å²) in [7, 11) is 2.85. The van der Waals surface area contributed by atoms with E-state index in [-0.39, 0.29) is 23.5 Å². The van der Waals surface area contributed by atoms with Gasteiger partial charge in [-0.25, -0.2) is 4.79 Å². The average molecular weight is 337 g/mol. The van der Waals surface area contributed by atoms with Crippen LogP contribution in [-0.4, -0.2) is 59.2 Å². The van der Waals surface area contributed by atoms with Crippen molar-refractivity contribution in [2.24, 2.45) is 0 Å². The number of esters is 1. The molecule has 2 rings (SSSR count). The Morgan fingerprint density at radius 2 is 1.92 bits per heavy atom. The average Bonchev–Trinajstić information content (AvgIpc) is 3.01. The van der Waals surface area contributed by atoms with Gasteiger partial charge in [-0.1, -0.05) is 0 Å². The second kappa shape index (κ2) is 7.02. The minimum absolute atomic E-state index is 0.0331. The number of rotatable bonds is 4. The Balaban J connectivity index is 2.23. The van der Waals surface area contributed by atoms with Crippen molar-refractivity contribution >= 4 is 11.9 Å². The molecule has 0 spiro atoms. The lowest BCUT2D eigenvalue weighted by molar-refractivity contribution is -0.159. The smallest absolute Gasteiger partial charge is 0.329 e. The first-order valence-electron chi connectivity index (χ1n) is 7.76. The molecule has 24 heavy (non-hydrogen) atoms. The van der Waals surface area contributed by atoms with Crippen LogP contribution in [0.5, 0.6) is 11.9 Å². The maximum Gasteiger partial charge on any atom is 0.329 e. The van der Waals surface area contributed by atoms with E-state index in [1.54, 1.807) is 20.8 Å². The molecule has 0 bridgehead atoms. The molecule has 1 amide bonds. The minimum Gasteiger partial charge on any atom is -0.481 e. The quantitative estimate of drug-likeness (QED) is 0.768. The molecular weight excluding hydrogens is 314 g/mol. The Bertz CT molecular complexity index is 604. The maximum atomic E-state index is 12.8. The van der Waals surface area contributed by atoms with Gasteiger partial charge in [-0.3, -0.25) is 4.79 Å². The fraction of sp³-hybridized carbons (Fsp3) is 0.625. The Labute approximate surface area is 141 Å². The van der Waals surface area contributed by atoms with E-state index in [4.69, 9.17) is 14.2 Å². The number of likely N-dealkylation sites (tertiary alicyclic amines) is 1. The molecule has 132 valence electrons. The number of ether oxygens (including phenoxy) is 3. The molecular formula is C16H23N3O5. The first-order chi connectivity index (χ1) is 11.2. The molecule has 1 atom stereocenters. The summed E-state index contributed by atoms with van der Waals surface area (Å²) in [5.41, 5.74) is -0.482. The van der Waals surface area contributed by atoms with Crippen molar-refractivity contribution in [1.29, 1.82) is 0 Å². The molecule has 0 aromatic carbocycles. The molecule has 1 aromatic heterocycles. The number of amides is 1. The van der Waals surface area contributed by atoms with Gasteiger partial charge in [0.1, 0.15) is 17.3 Å². The van der Waals surface area contributed by atoms with Crippen LogP contribution in [0, 0.1) is 0 Å². The summed E-state index contributed by atoms with van der Waals surface area (Å²) in [6.07, 6.45) is 1.30. The van der Waals surface area contributed by atoms with Crippen LogP contribution in [-0.2, 0) is 9.53 Å². The van der Waals surface area contributed by atoms with Crippen molar-refractivity contribution in [2.45, 2.75) is 45.3 Å². The van der Waals surface area contributed by atoms with Crippen LogP contribution in [0.3, 0.4) is 0 Å². The Hall–Kier alpha value is -2.38. The van der Waals surface area contributed by atoms with Gasteiger partial charge < -0.3 is 19.1 Å². The molecule has 0 aliphatic carbocycles. The highest BCUT2D eigenvalue weighted by Gasteiger charge is 2.38. The van der Waals surface area contributed by atoms with Gasteiger partial charge in [0.2, 0.25) is 5.88 Å². The van der Waals surface area contributed by atoms with Crippen molar-refractivity contribution < 1.29 is 23.8 Å². The van der Waals surface area contributed by atoms with Gasteiger partial charge in [-0.15, -0.1) is 0 Å². The molecule has 0 N–H and O–H groups in total. The van der Waals surface area contributed by atoms with Crippen molar-refractivity contribution in [3.8, 4) is 11.9 Å². The van der Waals surface area contributed by atoms with Gasteiger partial charge in [-0.2, -0.15) is 9.97 Å². The normalized spacial score (nSPS) is 17.5. The van der Waals surface area contributed by atoms with Gasteiger partial charge in [0, 0.05) is 12.6 Å². The molecule has 1 aliphatic rings. The number of nitrogens with zero attached hydrogens (tertiary/aromatic N) is 3. The molecule has 0 radical (unpaired) electrons. The predicted molar refractivity (Wildman–Crippen MR) is 85.0 cm³/mol. The summed E-state index contributed by atoms with van der Waals surface area (Å²) in [6.45, 7) is 5.86. The third kappa shape index (κ3) is 4.12. The fourth-order valence-electron chi connectivity index (χ4n) is 2.48. The van der Waals surface area contributed by atoms with Crippen LogP contribution in [0.2, 0.25) is 0 Å². The molecule has 1 saturated heterocycles. The van der Waals surface area contributed by atoms with E-state index in [0.717, 1.165) is 6.42 Å². The largest absolute Gasteiger partial charge is 0.481 e. The third-order valence-corrected chi connectivity index (χ3v) is 3.49. The first-order valence-corrected chi connectivity index (χ1v) is 7.76. The molecule has 1 fully saturated rings. The number of aromatic nitrogens is 2. The third-order valence-electron chi connectivity index (χ3n) is 3.49. The van der Waals surface area contributed by atoms with Gasteiger partial charge in [0.25, 0.3) is 5.91 Å². The number of methoxy groups -OCH3 is 2. The van der Waals surface area contributed by atoms with E-state index in [0.29, 0.717) is 13.0 Å². The van der Waals surface area contributed by atoms with E-state index >= 15 is 0 Å². The van der Waals surface area contributed by atoms with Crippen molar-refractivity contribution in [3.05, 3.63) is 11.8 Å². The Kier molecular flexibility index (Phi) is 5.26. The Morgan fingerprint density at radius 3 is 2.50 bits per heavy atom. The zero-order valence-corrected chi connectivity index (χ0v) is 14.7. The fourth-order valence-corrected chi connectivity index (χ4v) is 2.48. The monoisotopic (exact) mass is 337 g/mol. The summed E-state index contributed by atoms with van der Waals surface area (Å²) < 4.78 is 15.5. The summed E-state index contributed by atoms with van der Waals surface area (Å²) in [5, 5.41) is 0. The highest BCUT2D eigenvalue weighted by atomic mass is 16.6. The highest BCUT2D eigenvalue weighted by molar-refractivity contribution is 5.96. The molecule has 8 nitrogen and oxygen atoms in total. The van der Waals surface area contributed by atoms with Crippen LogP contribution in [0.25, 0.3) is 0 Å². The zero-order valence-electron chi connectivity index (χ0n) is 14.7. The van der Waals surface area contributed by atoms with Crippen LogP contribution < -0.4 is 9.47 Å². The molecule has 1 aromatic rings. The summed E-state index contributed by atoms with van der Waals surface area (Å²) in [5.74, 6) is -0.554. The zero-order chi connectivity index (χ0) is 17.9. The summed E-state index contributed by atoms with van der Waals surface area (Å²) >= 11 is 0. The van der Waals surface area contributed by atoms with Gasteiger partial charge in [0.15, 0.2) is 0 Å². The molecule has 1 unspecified atom stereocenters. The molecule has 1 aliphatic heterocycles. The van der Waals surface area contributed by atoms with Crippen molar-refractivity contribution in [1.82, 2.24) is 14.9 Å². The van der Waals surface area contributed by atoms with Crippen LogP contribution in [0.15, 0.2) is 6.07 Å². The number of hydrogen-bond donors (Lipinski definition) is 0. The first kappa shape index (κ1) is 18.0. The second-order valence-corrected chi connectivity index (χ2v) is 6.47. The van der Waals surface area contributed by atoms with E-state index in [2.05, 4.69) is 9.97 Å². The predicted octanol–water partition coefficient (Wildman–Crippen LogP) is 1.44. The van der Waals surface area contributed by atoms with E-state index in [9.17, 15) is 9.59 Å². The lowest BCUT2D eigenvalue weighted by Crippen LogP contribution is -2.43. The maximum absolute atomic E-state index is 12.8. The molecule has 8 heteroatoms.